The molecule has 7 rings (SSSR count). The zero-order chi connectivity index (χ0) is 48.0. The van der Waals surface area contributed by atoms with Crippen LogP contribution in [0, 0.1) is 0 Å². The van der Waals surface area contributed by atoms with Crippen LogP contribution in [0.3, 0.4) is 0 Å². The summed E-state index contributed by atoms with van der Waals surface area (Å²) in [5.41, 5.74) is 5.24. The highest BCUT2D eigenvalue weighted by Crippen LogP contribution is 2.41. The van der Waals surface area contributed by atoms with Gasteiger partial charge in [-0.3, -0.25) is 34.3 Å². The predicted molar refractivity (Wildman–Crippen MR) is 254 cm³/mol. The van der Waals surface area contributed by atoms with Crippen LogP contribution in [-0.4, -0.2) is 161 Å². The lowest BCUT2D eigenvalue weighted by atomic mass is 10.1. The number of aliphatic carboxylic acids is 1. The first-order valence-electron chi connectivity index (χ1n) is 23.0. The third-order valence-corrected chi connectivity index (χ3v) is 12.2. The number of carbonyl (C=O) groups is 3. The van der Waals surface area contributed by atoms with Crippen molar-refractivity contribution >= 4 is 41.6 Å². The fraction of sp³-hybridized carbons (Fsp3) is 0.480. The highest BCUT2D eigenvalue weighted by atomic mass is 16.5. The molecule has 0 saturated carbocycles. The van der Waals surface area contributed by atoms with Gasteiger partial charge in [-0.1, -0.05) is 23.3 Å². The van der Waals surface area contributed by atoms with Gasteiger partial charge in [0, 0.05) is 76.4 Å². The van der Waals surface area contributed by atoms with E-state index in [9.17, 15) is 19.5 Å². The molecule has 4 aliphatic rings. The van der Waals surface area contributed by atoms with E-state index in [1.54, 1.807) is 43.5 Å². The molecule has 2 atom stereocenters. The van der Waals surface area contributed by atoms with E-state index in [-0.39, 0.29) is 50.1 Å². The number of rotatable bonds is 25. The summed E-state index contributed by atoms with van der Waals surface area (Å²) in [6, 6.07) is 10.1. The molecule has 2 amide bonds. The normalized spacial score (nSPS) is 18.4. The number of aromatic nitrogens is 1. The fourth-order valence-electron chi connectivity index (χ4n) is 8.42. The third-order valence-electron chi connectivity index (χ3n) is 12.2. The van der Waals surface area contributed by atoms with Gasteiger partial charge in [-0.2, -0.15) is 0 Å². The summed E-state index contributed by atoms with van der Waals surface area (Å²) >= 11 is 0. The minimum absolute atomic E-state index is 0.00413. The maximum Gasteiger partial charge on any atom is 0.303 e. The van der Waals surface area contributed by atoms with Gasteiger partial charge < -0.3 is 52.8 Å². The number of carbonyl (C=O) groups excluding carboxylic acids is 2. The van der Waals surface area contributed by atoms with Crippen LogP contribution in [0.15, 0.2) is 69.7 Å². The zero-order valence-corrected chi connectivity index (χ0v) is 39.6. The van der Waals surface area contributed by atoms with E-state index >= 15 is 0 Å². The van der Waals surface area contributed by atoms with E-state index in [4.69, 9.17) is 52.9 Å². The van der Waals surface area contributed by atoms with Crippen molar-refractivity contribution in [3.8, 4) is 28.7 Å². The van der Waals surface area contributed by atoms with Crippen LogP contribution in [0.2, 0.25) is 0 Å². The Morgan fingerprint density at radius 3 is 1.69 bits per heavy atom. The molecule has 4 aliphatic heterocycles. The van der Waals surface area contributed by atoms with Crippen molar-refractivity contribution in [2.75, 3.05) is 93.7 Å². The molecule has 0 spiro atoms. The molecule has 0 bridgehead atoms. The van der Waals surface area contributed by atoms with Crippen molar-refractivity contribution in [2.45, 2.75) is 64.8 Å². The van der Waals surface area contributed by atoms with Crippen molar-refractivity contribution in [3.05, 3.63) is 82.2 Å². The molecule has 5 heterocycles. The molecular weight excluding hydrogens is 877 g/mol. The minimum atomic E-state index is -0.853. The molecule has 1 aromatic heterocycles. The van der Waals surface area contributed by atoms with Crippen LogP contribution in [-0.2, 0) is 32.2 Å². The molecule has 2 saturated heterocycles. The third kappa shape index (κ3) is 12.6. The van der Waals surface area contributed by atoms with Gasteiger partial charge in [0.25, 0.3) is 11.8 Å². The number of hydrogen-bond acceptors (Lipinski definition) is 15. The number of pyridine rings is 1. The van der Waals surface area contributed by atoms with Gasteiger partial charge in [-0.15, -0.1) is 0 Å². The summed E-state index contributed by atoms with van der Waals surface area (Å²) in [4.78, 5) is 58.8. The average molecular weight is 939 g/mol. The van der Waals surface area contributed by atoms with Gasteiger partial charge in [0.2, 0.25) is 0 Å². The van der Waals surface area contributed by atoms with Crippen molar-refractivity contribution < 1.29 is 57.4 Å². The Balaban J connectivity index is 1.09. The molecule has 0 radical (unpaired) electrons. The smallest absolute Gasteiger partial charge is 0.303 e. The number of amides is 2. The summed E-state index contributed by atoms with van der Waals surface area (Å²) in [6.45, 7) is 9.23. The molecular formula is C50H62N6O12. The van der Waals surface area contributed by atoms with Crippen LogP contribution < -0.4 is 23.7 Å². The number of methoxy groups -OCH3 is 3. The maximum absolute atomic E-state index is 13.7. The molecule has 364 valence electrons. The van der Waals surface area contributed by atoms with E-state index in [1.807, 2.05) is 48.2 Å². The van der Waals surface area contributed by atoms with Gasteiger partial charge >= 0.3 is 5.97 Å². The number of nitrogens with zero attached hydrogens (tertiary/aromatic N) is 6. The SMILES string of the molecule is C/C=C1\CC2C=Nc3cc(OCc4cc(OCCN(CCCC(=O)O)CCOCCOCCOC)cc(COc5cc6c(cc5OC)C(=O)N5C/C(=C/C)C[C@H]5C=N6)n4)c(OC)cc3C(=O)N2C1. The van der Waals surface area contributed by atoms with Crippen molar-refractivity contribution in [1.82, 2.24) is 19.7 Å². The molecule has 68 heavy (non-hydrogen) atoms. The van der Waals surface area contributed by atoms with Gasteiger partial charge in [0.1, 0.15) is 25.6 Å². The molecule has 0 aliphatic carbocycles. The molecule has 18 nitrogen and oxygen atoms in total. The van der Waals surface area contributed by atoms with Gasteiger partial charge in [-0.05, 0) is 51.8 Å². The molecule has 2 aromatic carbocycles. The highest BCUT2D eigenvalue weighted by Gasteiger charge is 2.36. The van der Waals surface area contributed by atoms with Crippen LogP contribution in [0.25, 0.3) is 0 Å². The molecule has 18 heteroatoms. The Labute approximate surface area is 397 Å². The van der Waals surface area contributed by atoms with E-state index in [0.717, 1.165) is 12.8 Å². The zero-order valence-electron chi connectivity index (χ0n) is 39.6. The number of carboxylic acids is 1. The molecule has 3 aromatic rings. The first kappa shape index (κ1) is 49.6. The summed E-state index contributed by atoms with van der Waals surface area (Å²) in [6.07, 6.45) is 9.73. The molecule has 2 fully saturated rings. The minimum Gasteiger partial charge on any atom is -0.493 e. The Kier molecular flexibility index (Phi) is 17.6. The number of ether oxygens (including phenoxy) is 8. The molecule has 1 N–H and O–H groups in total. The lowest BCUT2D eigenvalue weighted by Gasteiger charge is -2.22. The first-order valence-corrected chi connectivity index (χ1v) is 23.0. The number of hydrogen-bond donors (Lipinski definition) is 1. The number of carboxylic acid groups (broad SMARTS) is 1. The first-order chi connectivity index (χ1) is 33.1. The van der Waals surface area contributed by atoms with Crippen molar-refractivity contribution in [1.29, 1.82) is 0 Å². The number of allylic oxidation sites excluding steroid dienone is 2. The highest BCUT2D eigenvalue weighted by molar-refractivity contribution is 6.04. The quantitative estimate of drug-likeness (QED) is 0.0742. The van der Waals surface area contributed by atoms with E-state index < -0.39 is 5.97 Å². The second-order valence-corrected chi connectivity index (χ2v) is 16.7. The number of benzene rings is 2. The Morgan fingerprint density at radius 1 is 0.676 bits per heavy atom. The van der Waals surface area contributed by atoms with Crippen LogP contribution in [0.5, 0.6) is 28.7 Å². The van der Waals surface area contributed by atoms with E-state index in [2.05, 4.69) is 4.90 Å². The standard InChI is InChI=1S/C50H62N6O12/c1-6-33-19-37-27-51-42-25-46(44(62-4)23-40(42)49(59)55(37)29-33)67-31-35-21-39(66-14-12-54(10-8-9-48(57)58)11-13-64-17-18-65-16-15-61-3)22-36(53-35)32-68-47-26-43-41(24-45(47)63-5)50(60)56-30-34(7-2)20-38(56)28-52-43/h6-7,21-28,37-38H,8-20,29-32H2,1-5H3,(H,57,58)/b33-6+,34-7+/t37-,38?/m0/s1. The second kappa shape index (κ2) is 24.1. The fourth-order valence-corrected chi connectivity index (χ4v) is 8.42. The van der Waals surface area contributed by atoms with Crippen LogP contribution >= 0.6 is 0 Å². The topological polar surface area (TPSA) is 193 Å². The average Bonchev–Trinajstić information content (AvgIpc) is 3.91. The van der Waals surface area contributed by atoms with Gasteiger partial charge in [0.05, 0.1) is 93.2 Å². The van der Waals surface area contributed by atoms with Crippen molar-refractivity contribution in [2.24, 2.45) is 9.98 Å². The second-order valence-electron chi connectivity index (χ2n) is 16.7. The number of fused-ring (bicyclic) bond motifs is 4. The number of aliphatic imine (C=N–C) groups is 2. The summed E-state index contributed by atoms with van der Waals surface area (Å²) in [5.74, 6) is 0.913. The lowest BCUT2D eigenvalue weighted by molar-refractivity contribution is -0.137. The van der Waals surface area contributed by atoms with E-state index in [1.165, 1.54) is 25.4 Å². The monoisotopic (exact) mass is 938 g/mol. The predicted octanol–water partition coefficient (Wildman–Crippen LogP) is 6.24. The van der Waals surface area contributed by atoms with E-state index in [0.29, 0.717) is 135 Å². The van der Waals surface area contributed by atoms with Crippen molar-refractivity contribution in [3.63, 3.8) is 0 Å². The Hall–Kier alpha value is -6.34. The lowest BCUT2D eigenvalue weighted by Crippen LogP contribution is -2.35. The summed E-state index contributed by atoms with van der Waals surface area (Å²) < 4.78 is 46.9. The van der Waals surface area contributed by atoms with Gasteiger partial charge in [-0.25, -0.2) is 0 Å². The Morgan fingerprint density at radius 2 is 1.19 bits per heavy atom. The van der Waals surface area contributed by atoms with Crippen LogP contribution in [0.4, 0.5) is 11.4 Å². The summed E-state index contributed by atoms with van der Waals surface area (Å²) in [5, 5.41) is 9.29. The largest absolute Gasteiger partial charge is 0.493 e. The molecule has 1 unspecified atom stereocenters. The van der Waals surface area contributed by atoms with Crippen LogP contribution in [0.1, 0.15) is 71.6 Å². The Bertz CT molecular complexity index is 2270. The van der Waals surface area contributed by atoms with Gasteiger partial charge in [0.15, 0.2) is 23.0 Å². The summed E-state index contributed by atoms with van der Waals surface area (Å²) in [7, 11) is 4.67. The maximum atomic E-state index is 13.7.